The summed E-state index contributed by atoms with van der Waals surface area (Å²) in [6, 6.07) is 0.189. The van der Waals surface area contributed by atoms with Gasteiger partial charge in [-0.05, 0) is 20.8 Å². The molecule has 0 aliphatic rings. The van der Waals surface area contributed by atoms with Crippen molar-refractivity contribution >= 4 is 11.9 Å². The smallest absolute Gasteiger partial charge is 0.333 e. The van der Waals surface area contributed by atoms with Crippen LogP contribution >= 0.6 is 0 Å². The number of hydrogen-bond acceptors (Lipinski definition) is 4. The van der Waals surface area contributed by atoms with Crippen LogP contribution in [0.15, 0.2) is 11.6 Å². The molecule has 0 saturated heterocycles. The van der Waals surface area contributed by atoms with Gasteiger partial charge in [0.15, 0.2) is 0 Å². The van der Waals surface area contributed by atoms with E-state index in [0.29, 0.717) is 12.1 Å². The molecule has 0 aliphatic heterocycles. The molecule has 5 nitrogen and oxygen atoms in total. The molecule has 0 heterocycles. The maximum atomic E-state index is 11.1. The zero-order chi connectivity index (χ0) is 12.7. The summed E-state index contributed by atoms with van der Waals surface area (Å²) in [5.74, 6) is -0.736. The van der Waals surface area contributed by atoms with Crippen LogP contribution in [0.4, 0.5) is 0 Å². The van der Waals surface area contributed by atoms with Crippen LogP contribution in [0.5, 0.6) is 0 Å². The van der Waals surface area contributed by atoms with Crippen LogP contribution in [0.3, 0.4) is 0 Å². The molecule has 0 aromatic rings. The lowest BCUT2D eigenvalue weighted by atomic mass is 10.2. The van der Waals surface area contributed by atoms with Crippen molar-refractivity contribution in [1.29, 1.82) is 0 Å². The molecule has 0 aromatic carbocycles. The highest BCUT2D eigenvalue weighted by Crippen LogP contribution is 2.01. The third-order valence-corrected chi connectivity index (χ3v) is 2.23. The number of rotatable bonds is 6. The molecule has 0 atom stereocenters. The lowest BCUT2D eigenvalue weighted by molar-refractivity contribution is -0.136. The van der Waals surface area contributed by atoms with Crippen LogP contribution in [0.1, 0.15) is 20.8 Å². The van der Waals surface area contributed by atoms with Gasteiger partial charge in [-0.15, -0.1) is 0 Å². The Bertz CT molecular complexity index is 285. The topological polar surface area (TPSA) is 72.6 Å². The molecule has 0 bridgehead atoms. The zero-order valence-corrected chi connectivity index (χ0v) is 10.3. The molecule has 0 aromatic heterocycles. The van der Waals surface area contributed by atoms with Gasteiger partial charge in [0, 0.05) is 18.2 Å². The highest BCUT2D eigenvalue weighted by Gasteiger charge is 2.11. The van der Waals surface area contributed by atoms with E-state index < -0.39 is 0 Å². The van der Waals surface area contributed by atoms with Gasteiger partial charge in [-0.1, -0.05) is 6.08 Å². The normalized spacial score (nSPS) is 12.0. The van der Waals surface area contributed by atoms with Crippen LogP contribution in [0.2, 0.25) is 0 Å². The molecule has 1 amide bonds. The van der Waals surface area contributed by atoms with Gasteiger partial charge in [-0.2, -0.15) is 0 Å². The summed E-state index contributed by atoms with van der Waals surface area (Å²) in [6.07, 6.45) is 1.73. The van der Waals surface area contributed by atoms with E-state index in [1.165, 1.54) is 7.11 Å². The summed E-state index contributed by atoms with van der Waals surface area (Å²) in [4.78, 5) is 23.8. The van der Waals surface area contributed by atoms with Crippen LogP contribution in [0.25, 0.3) is 0 Å². The molecule has 0 radical (unpaired) electrons. The Hall–Kier alpha value is -1.36. The summed E-state index contributed by atoms with van der Waals surface area (Å²) in [5.41, 5.74) is 5.66. The number of amides is 1. The maximum Gasteiger partial charge on any atom is 0.333 e. The predicted molar refractivity (Wildman–Crippen MR) is 61.7 cm³/mol. The van der Waals surface area contributed by atoms with Crippen molar-refractivity contribution in [2.75, 3.05) is 20.2 Å². The minimum absolute atomic E-state index is 0.183. The first-order valence-corrected chi connectivity index (χ1v) is 5.16. The Labute approximate surface area is 96.2 Å². The molecule has 5 heteroatoms. The number of nitrogens with two attached hydrogens (primary N) is 1. The SMILES string of the molecule is COC(=O)C(C)=CCN(CC(N)=O)C(C)C. The lowest BCUT2D eigenvalue weighted by Crippen LogP contribution is -2.38. The second-order valence-corrected chi connectivity index (χ2v) is 3.87. The van der Waals surface area contributed by atoms with E-state index in [1.54, 1.807) is 13.0 Å². The Kier molecular flexibility index (Phi) is 6.41. The Morgan fingerprint density at radius 2 is 2.00 bits per heavy atom. The maximum absolute atomic E-state index is 11.1. The summed E-state index contributed by atoms with van der Waals surface area (Å²) >= 11 is 0. The molecule has 0 saturated carbocycles. The second-order valence-electron chi connectivity index (χ2n) is 3.87. The van der Waals surface area contributed by atoms with Gasteiger partial charge in [0.2, 0.25) is 5.91 Å². The molecule has 0 rings (SSSR count). The second kappa shape index (κ2) is 7.00. The van der Waals surface area contributed by atoms with Crippen LogP contribution in [-0.2, 0) is 14.3 Å². The number of nitrogens with zero attached hydrogens (tertiary/aromatic N) is 1. The van der Waals surface area contributed by atoms with Crippen LogP contribution in [0, 0.1) is 0 Å². The Morgan fingerprint density at radius 3 is 2.38 bits per heavy atom. The molecule has 0 aliphatic carbocycles. The molecule has 92 valence electrons. The predicted octanol–water partition coefficient (Wildman–Crippen LogP) is 0.301. The highest BCUT2D eigenvalue weighted by molar-refractivity contribution is 5.87. The van der Waals surface area contributed by atoms with Gasteiger partial charge in [0.05, 0.1) is 13.7 Å². The molecule has 16 heavy (non-hydrogen) atoms. The largest absolute Gasteiger partial charge is 0.466 e. The van der Waals surface area contributed by atoms with E-state index in [-0.39, 0.29) is 24.5 Å². The third-order valence-electron chi connectivity index (χ3n) is 2.23. The fraction of sp³-hybridized carbons (Fsp3) is 0.636. The summed E-state index contributed by atoms with van der Waals surface area (Å²) in [6.45, 7) is 6.28. The van der Waals surface area contributed by atoms with Crippen LogP contribution in [-0.4, -0.2) is 43.0 Å². The lowest BCUT2D eigenvalue weighted by Gasteiger charge is -2.23. The van der Waals surface area contributed by atoms with E-state index in [0.717, 1.165) is 0 Å². The first kappa shape index (κ1) is 14.6. The van der Waals surface area contributed by atoms with Crippen LogP contribution < -0.4 is 5.73 Å². The highest BCUT2D eigenvalue weighted by atomic mass is 16.5. The van der Waals surface area contributed by atoms with E-state index in [9.17, 15) is 9.59 Å². The molecular formula is C11H20N2O3. The minimum Gasteiger partial charge on any atom is -0.466 e. The number of ether oxygens (including phenoxy) is 1. The van der Waals surface area contributed by atoms with Crippen molar-refractivity contribution in [3.63, 3.8) is 0 Å². The molecule has 2 N–H and O–H groups in total. The van der Waals surface area contributed by atoms with Gasteiger partial charge in [-0.3, -0.25) is 9.69 Å². The average molecular weight is 228 g/mol. The molecule has 0 fully saturated rings. The standard InChI is InChI=1S/C11H20N2O3/c1-8(2)13(7-10(12)14)6-5-9(3)11(15)16-4/h5,8H,6-7H2,1-4H3,(H2,12,14). The van der Waals surface area contributed by atoms with Crippen molar-refractivity contribution < 1.29 is 14.3 Å². The van der Waals surface area contributed by atoms with Crippen molar-refractivity contribution in [2.45, 2.75) is 26.8 Å². The average Bonchev–Trinajstić information content (AvgIpc) is 2.21. The van der Waals surface area contributed by atoms with Crippen molar-refractivity contribution in [3.05, 3.63) is 11.6 Å². The Morgan fingerprint density at radius 1 is 1.44 bits per heavy atom. The van der Waals surface area contributed by atoms with Gasteiger partial charge >= 0.3 is 5.97 Å². The van der Waals surface area contributed by atoms with Gasteiger partial charge in [-0.25, -0.2) is 4.79 Å². The number of methoxy groups -OCH3 is 1. The zero-order valence-electron chi connectivity index (χ0n) is 10.3. The van der Waals surface area contributed by atoms with Crippen molar-refractivity contribution in [1.82, 2.24) is 4.90 Å². The van der Waals surface area contributed by atoms with Crippen molar-refractivity contribution in [3.8, 4) is 0 Å². The number of esters is 1. The third kappa shape index (κ3) is 5.50. The van der Waals surface area contributed by atoms with Gasteiger partial charge in [0.25, 0.3) is 0 Å². The molecule has 0 spiro atoms. The van der Waals surface area contributed by atoms with E-state index >= 15 is 0 Å². The quantitative estimate of drug-likeness (QED) is 0.524. The first-order valence-electron chi connectivity index (χ1n) is 5.16. The molecule has 0 unspecified atom stereocenters. The first-order chi connectivity index (χ1) is 7.38. The number of carbonyl (C=O) groups is 2. The monoisotopic (exact) mass is 228 g/mol. The van der Waals surface area contributed by atoms with Gasteiger partial charge in [0.1, 0.15) is 0 Å². The summed E-state index contributed by atoms with van der Waals surface area (Å²) in [5, 5.41) is 0. The summed E-state index contributed by atoms with van der Waals surface area (Å²) < 4.78 is 4.57. The fourth-order valence-electron chi connectivity index (χ4n) is 1.16. The number of carbonyl (C=O) groups excluding carboxylic acids is 2. The number of primary amides is 1. The van der Waals surface area contributed by atoms with Gasteiger partial charge < -0.3 is 10.5 Å². The van der Waals surface area contributed by atoms with E-state index in [1.807, 2.05) is 18.7 Å². The minimum atomic E-state index is -0.377. The fourth-order valence-corrected chi connectivity index (χ4v) is 1.16. The number of hydrogen-bond donors (Lipinski definition) is 1. The molecular weight excluding hydrogens is 208 g/mol. The Balaban J connectivity index is 4.41. The van der Waals surface area contributed by atoms with E-state index in [2.05, 4.69) is 4.74 Å². The van der Waals surface area contributed by atoms with Crippen molar-refractivity contribution in [2.24, 2.45) is 5.73 Å². The van der Waals surface area contributed by atoms with E-state index in [4.69, 9.17) is 5.73 Å². The summed E-state index contributed by atoms with van der Waals surface area (Å²) in [7, 11) is 1.34.